The van der Waals surface area contributed by atoms with Crippen molar-refractivity contribution in [2.75, 3.05) is 0 Å². The highest BCUT2D eigenvalue weighted by molar-refractivity contribution is 5.98. The summed E-state index contributed by atoms with van der Waals surface area (Å²) in [4.78, 5) is 12.1. The lowest BCUT2D eigenvalue weighted by Crippen LogP contribution is -2.21. The van der Waals surface area contributed by atoms with Crippen LogP contribution in [-0.2, 0) is 0 Å². The van der Waals surface area contributed by atoms with Gasteiger partial charge in [-0.05, 0) is 31.7 Å². The Kier molecular flexibility index (Phi) is 2.94. The van der Waals surface area contributed by atoms with Crippen molar-refractivity contribution in [1.82, 2.24) is 0 Å². The SMILES string of the molecule is Cc1occc1C(=O)C1CCC(C)CC1. The number of furan rings is 1. The highest BCUT2D eigenvalue weighted by Gasteiger charge is 2.26. The van der Waals surface area contributed by atoms with Crippen LogP contribution >= 0.6 is 0 Å². The summed E-state index contributed by atoms with van der Waals surface area (Å²) in [6, 6.07) is 1.80. The molecule has 0 amide bonds. The molecule has 0 aromatic carbocycles. The van der Waals surface area contributed by atoms with Crippen LogP contribution in [0.5, 0.6) is 0 Å². The molecule has 0 atom stereocenters. The third-order valence-corrected chi connectivity index (χ3v) is 3.51. The highest BCUT2D eigenvalue weighted by Crippen LogP contribution is 2.31. The zero-order chi connectivity index (χ0) is 10.8. The number of aryl methyl sites for hydroxylation is 1. The normalized spacial score (nSPS) is 26.5. The molecule has 1 fully saturated rings. The van der Waals surface area contributed by atoms with E-state index in [9.17, 15) is 4.79 Å². The summed E-state index contributed by atoms with van der Waals surface area (Å²) < 4.78 is 5.18. The van der Waals surface area contributed by atoms with Crippen LogP contribution in [0.2, 0.25) is 0 Å². The Bertz CT molecular complexity index is 343. The summed E-state index contributed by atoms with van der Waals surface area (Å²) in [7, 11) is 0. The van der Waals surface area contributed by atoms with Crippen molar-refractivity contribution in [2.24, 2.45) is 11.8 Å². The minimum atomic E-state index is 0.234. The van der Waals surface area contributed by atoms with Crippen molar-refractivity contribution in [1.29, 1.82) is 0 Å². The molecule has 82 valence electrons. The molecule has 2 nitrogen and oxygen atoms in total. The molecular formula is C13H18O2. The molecule has 0 saturated heterocycles. The van der Waals surface area contributed by atoms with Gasteiger partial charge in [0, 0.05) is 5.92 Å². The highest BCUT2D eigenvalue weighted by atomic mass is 16.3. The summed E-state index contributed by atoms with van der Waals surface area (Å²) in [5.41, 5.74) is 0.787. The molecule has 2 rings (SSSR count). The van der Waals surface area contributed by atoms with Crippen molar-refractivity contribution < 1.29 is 9.21 Å². The standard InChI is InChI=1S/C13H18O2/c1-9-3-5-11(6-4-9)13(14)12-7-8-15-10(12)2/h7-9,11H,3-6H2,1-2H3. The molecule has 1 aliphatic carbocycles. The van der Waals surface area contributed by atoms with Gasteiger partial charge in [0.25, 0.3) is 0 Å². The molecule has 1 heterocycles. The van der Waals surface area contributed by atoms with E-state index in [2.05, 4.69) is 6.92 Å². The molecule has 1 aromatic rings. The molecular weight excluding hydrogens is 188 g/mol. The second-order valence-corrected chi connectivity index (χ2v) is 4.71. The Hall–Kier alpha value is -1.05. The zero-order valence-electron chi connectivity index (χ0n) is 9.45. The maximum Gasteiger partial charge on any atom is 0.169 e. The zero-order valence-corrected chi connectivity index (χ0v) is 9.45. The monoisotopic (exact) mass is 206 g/mol. The molecule has 2 heteroatoms. The van der Waals surface area contributed by atoms with Crippen LogP contribution in [0.1, 0.15) is 48.7 Å². The molecule has 1 aliphatic rings. The van der Waals surface area contributed by atoms with Crippen molar-refractivity contribution in [3.8, 4) is 0 Å². The maximum absolute atomic E-state index is 12.1. The van der Waals surface area contributed by atoms with Crippen LogP contribution in [-0.4, -0.2) is 5.78 Å². The summed E-state index contributed by atoms with van der Waals surface area (Å²) in [5.74, 6) is 2.07. The van der Waals surface area contributed by atoms with Gasteiger partial charge in [-0.2, -0.15) is 0 Å². The summed E-state index contributed by atoms with van der Waals surface area (Å²) in [6.45, 7) is 4.13. The minimum absolute atomic E-state index is 0.234. The molecule has 1 aromatic heterocycles. The number of rotatable bonds is 2. The molecule has 0 spiro atoms. The third-order valence-electron chi connectivity index (χ3n) is 3.51. The van der Waals surface area contributed by atoms with Crippen LogP contribution in [0.25, 0.3) is 0 Å². The van der Waals surface area contributed by atoms with E-state index in [0.29, 0.717) is 0 Å². The van der Waals surface area contributed by atoms with Gasteiger partial charge < -0.3 is 4.42 Å². The van der Waals surface area contributed by atoms with Gasteiger partial charge in [0.2, 0.25) is 0 Å². The van der Waals surface area contributed by atoms with E-state index < -0.39 is 0 Å². The molecule has 0 aliphatic heterocycles. The Morgan fingerprint density at radius 2 is 2.00 bits per heavy atom. The van der Waals surface area contributed by atoms with Crippen LogP contribution < -0.4 is 0 Å². The van der Waals surface area contributed by atoms with E-state index in [-0.39, 0.29) is 11.7 Å². The molecule has 0 radical (unpaired) electrons. The lowest BCUT2D eigenvalue weighted by atomic mass is 9.79. The number of ketones is 1. The fraction of sp³-hybridized carbons (Fsp3) is 0.615. The first kappa shape index (κ1) is 10.5. The Morgan fingerprint density at radius 1 is 1.33 bits per heavy atom. The number of hydrogen-bond acceptors (Lipinski definition) is 2. The predicted molar refractivity (Wildman–Crippen MR) is 58.9 cm³/mol. The molecule has 0 unspecified atom stereocenters. The average molecular weight is 206 g/mol. The van der Waals surface area contributed by atoms with Crippen molar-refractivity contribution >= 4 is 5.78 Å². The summed E-state index contributed by atoms with van der Waals surface area (Å²) >= 11 is 0. The van der Waals surface area contributed by atoms with E-state index in [4.69, 9.17) is 4.42 Å². The topological polar surface area (TPSA) is 30.2 Å². The quantitative estimate of drug-likeness (QED) is 0.692. The van der Waals surface area contributed by atoms with Crippen LogP contribution in [0.15, 0.2) is 16.7 Å². The minimum Gasteiger partial charge on any atom is -0.469 e. The van der Waals surface area contributed by atoms with Gasteiger partial charge in [0.05, 0.1) is 11.8 Å². The molecule has 15 heavy (non-hydrogen) atoms. The van der Waals surface area contributed by atoms with E-state index in [1.165, 1.54) is 12.8 Å². The first-order valence-corrected chi connectivity index (χ1v) is 5.76. The number of carbonyl (C=O) groups excluding carboxylic acids is 1. The number of carbonyl (C=O) groups is 1. The fourth-order valence-electron chi connectivity index (χ4n) is 2.38. The maximum atomic E-state index is 12.1. The number of Topliss-reactive ketones (excluding diaryl/α,β-unsaturated/α-hetero) is 1. The summed E-state index contributed by atoms with van der Waals surface area (Å²) in [6.07, 6.45) is 6.07. The molecule has 0 N–H and O–H groups in total. The largest absolute Gasteiger partial charge is 0.469 e. The lowest BCUT2D eigenvalue weighted by Gasteiger charge is -2.24. The molecule has 1 saturated carbocycles. The van der Waals surface area contributed by atoms with E-state index in [1.54, 1.807) is 12.3 Å². The van der Waals surface area contributed by atoms with Crippen molar-refractivity contribution in [2.45, 2.75) is 39.5 Å². The fourth-order valence-corrected chi connectivity index (χ4v) is 2.38. The second-order valence-electron chi connectivity index (χ2n) is 4.71. The Labute approximate surface area is 90.7 Å². The van der Waals surface area contributed by atoms with Crippen molar-refractivity contribution in [3.63, 3.8) is 0 Å². The predicted octanol–water partition coefficient (Wildman–Crippen LogP) is 3.60. The van der Waals surface area contributed by atoms with Crippen molar-refractivity contribution in [3.05, 3.63) is 23.7 Å². The van der Waals surface area contributed by atoms with Crippen LogP contribution in [0.3, 0.4) is 0 Å². The third kappa shape index (κ3) is 2.14. The Morgan fingerprint density at radius 3 is 2.53 bits per heavy atom. The van der Waals surface area contributed by atoms with Gasteiger partial charge in [-0.25, -0.2) is 0 Å². The van der Waals surface area contributed by atoms with E-state index >= 15 is 0 Å². The van der Waals surface area contributed by atoms with Gasteiger partial charge in [0.15, 0.2) is 5.78 Å². The van der Waals surface area contributed by atoms with Gasteiger partial charge >= 0.3 is 0 Å². The van der Waals surface area contributed by atoms with E-state index in [1.807, 2.05) is 6.92 Å². The number of hydrogen-bond donors (Lipinski definition) is 0. The van der Waals surface area contributed by atoms with Crippen LogP contribution in [0, 0.1) is 18.8 Å². The molecule has 0 bridgehead atoms. The van der Waals surface area contributed by atoms with Gasteiger partial charge in [-0.1, -0.05) is 19.8 Å². The van der Waals surface area contributed by atoms with E-state index in [0.717, 1.165) is 30.1 Å². The lowest BCUT2D eigenvalue weighted by molar-refractivity contribution is 0.0874. The Balaban J connectivity index is 2.06. The first-order valence-electron chi connectivity index (χ1n) is 5.76. The average Bonchev–Trinajstić information content (AvgIpc) is 2.65. The van der Waals surface area contributed by atoms with Crippen LogP contribution in [0.4, 0.5) is 0 Å². The second kappa shape index (κ2) is 4.21. The van der Waals surface area contributed by atoms with Gasteiger partial charge in [-0.3, -0.25) is 4.79 Å². The first-order chi connectivity index (χ1) is 7.18. The van der Waals surface area contributed by atoms with Gasteiger partial charge in [0.1, 0.15) is 5.76 Å². The smallest absolute Gasteiger partial charge is 0.169 e. The van der Waals surface area contributed by atoms with Gasteiger partial charge in [-0.15, -0.1) is 0 Å². The summed E-state index contributed by atoms with van der Waals surface area (Å²) in [5, 5.41) is 0.